The van der Waals surface area contributed by atoms with Crippen molar-refractivity contribution in [1.29, 1.82) is 5.26 Å². The molecule has 1 amide bonds. The van der Waals surface area contributed by atoms with Crippen LogP contribution < -0.4 is 20.1 Å². The maximum absolute atomic E-state index is 12.4. The van der Waals surface area contributed by atoms with Gasteiger partial charge < -0.3 is 20.1 Å². The molecule has 0 aliphatic heterocycles. The van der Waals surface area contributed by atoms with Crippen molar-refractivity contribution < 1.29 is 14.3 Å². The van der Waals surface area contributed by atoms with Crippen molar-refractivity contribution in [3.05, 3.63) is 59.8 Å². The number of nitriles is 1. The zero-order chi connectivity index (χ0) is 19.8. The summed E-state index contributed by atoms with van der Waals surface area (Å²) >= 11 is 0. The maximum Gasteiger partial charge on any atom is 0.267 e. The second-order valence-electron chi connectivity index (χ2n) is 6.11. The van der Waals surface area contributed by atoms with Crippen LogP contribution in [0, 0.1) is 11.3 Å². The van der Waals surface area contributed by atoms with Crippen LogP contribution in [-0.4, -0.2) is 20.1 Å². The van der Waals surface area contributed by atoms with Crippen molar-refractivity contribution in [2.45, 2.75) is 19.8 Å². The zero-order valence-corrected chi connectivity index (χ0v) is 15.9. The number of nitrogens with one attached hydrogen (secondary N) is 2. The van der Waals surface area contributed by atoms with Crippen LogP contribution in [0.1, 0.15) is 25.3 Å². The van der Waals surface area contributed by atoms with Gasteiger partial charge in [0.15, 0.2) is 0 Å². The number of nitrogens with zero attached hydrogens (tertiary/aromatic N) is 1. The number of benzene rings is 2. The molecule has 0 aromatic heterocycles. The van der Waals surface area contributed by atoms with Gasteiger partial charge in [0.1, 0.15) is 23.1 Å². The first-order valence-corrected chi connectivity index (χ1v) is 8.48. The van der Waals surface area contributed by atoms with Crippen molar-refractivity contribution in [3.63, 3.8) is 0 Å². The Bertz CT molecular complexity index is 865. The molecule has 2 aromatic carbocycles. The van der Waals surface area contributed by atoms with Crippen LogP contribution in [-0.2, 0) is 4.79 Å². The lowest BCUT2D eigenvalue weighted by molar-refractivity contribution is -0.112. The Hall–Kier alpha value is -3.46. The summed E-state index contributed by atoms with van der Waals surface area (Å²) in [5, 5.41) is 15.0. The third-order valence-electron chi connectivity index (χ3n) is 3.98. The number of amides is 1. The average molecular weight is 365 g/mol. The first-order chi connectivity index (χ1) is 13.0. The predicted octanol–water partition coefficient (Wildman–Crippen LogP) is 4.29. The van der Waals surface area contributed by atoms with E-state index in [-0.39, 0.29) is 5.57 Å². The molecule has 2 aromatic rings. The first-order valence-electron chi connectivity index (χ1n) is 8.48. The molecule has 0 aliphatic carbocycles. The lowest BCUT2D eigenvalue weighted by Crippen LogP contribution is -2.14. The summed E-state index contributed by atoms with van der Waals surface area (Å²) < 4.78 is 10.4. The van der Waals surface area contributed by atoms with Crippen LogP contribution in [0.2, 0.25) is 0 Å². The van der Waals surface area contributed by atoms with Gasteiger partial charge in [0.25, 0.3) is 5.91 Å². The minimum Gasteiger partial charge on any atom is -0.497 e. The maximum atomic E-state index is 12.4. The predicted molar refractivity (Wildman–Crippen MR) is 106 cm³/mol. The highest BCUT2D eigenvalue weighted by Crippen LogP contribution is 2.29. The van der Waals surface area contributed by atoms with Crippen molar-refractivity contribution in [2.75, 3.05) is 24.9 Å². The fourth-order valence-corrected chi connectivity index (χ4v) is 2.38. The molecule has 0 fully saturated rings. The van der Waals surface area contributed by atoms with Crippen LogP contribution in [0.4, 0.5) is 11.4 Å². The molecule has 0 saturated carbocycles. The van der Waals surface area contributed by atoms with E-state index < -0.39 is 5.91 Å². The van der Waals surface area contributed by atoms with E-state index in [1.165, 1.54) is 18.9 Å². The van der Waals surface area contributed by atoms with E-state index in [9.17, 15) is 10.1 Å². The van der Waals surface area contributed by atoms with Crippen molar-refractivity contribution >= 4 is 17.3 Å². The smallest absolute Gasteiger partial charge is 0.267 e. The van der Waals surface area contributed by atoms with Gasteiger partial charge in [-0.25, -0.2) is 0 Å². The average Bonchev–Trinajstić information content (AvgIpc) is 2.68. The largest absolute Gasteiger partial charge is 0.497 e. The number of carbonyl (C=O) groups excluding carboxylic acids is 1. The van der Waals surface area contributed by atoms with Crippen LogP contribution in [0.5, 0.6) is 11.5 Å². The first kappa shape index (κ1) is 19.9. The Kier molecular flexibility index (Phi) is 6.84. The molecule has 6 heteroatoms. The van der Waals surface area contributed by atoms with E-state index in [2.05, 4.69) is 24.5 Å². The van der Waals surface area contributed by atoms with Crippen LogP contribution in [0.3, 0.4) is 0 Å². The number of ether oxygens (including phenoxy) is 2. The van der Waals surface area contributed by atoms with Gasteiger partial charge in [-0.2, -0.15) is 5.26 Å². The van der Waals surface area contributed by atoms with Gasteiger partial charge >= 0.3 is 0 Å². The summed E-state index contributed by atoms with van der Waals surface area (Å²) in [4.78, 5) is 12.4. The van der Waals surface area contributed by atoms with E-state index in [0.29, 0.717) is 28.8 Å². The molecule has 0 saturated heterocycles. The molecule has 0 heterocycles. The van der Waals surface area contributed by atoms with Gasteiger partial charge in [0.05, 0.1) is 19.9 Å². The van der Waals surface area contributed by atoms with E-state index in [4.69, 9.17) is 9.47 Å². The fourth-order valence-electron chi connectivity index (χ4n) is 2.38. The molecule has 6 nitrogen and oxygen atoms in total. The molecular weight excluding hydrogens is 342 g/mol. The number of carbonyl (C=O) groups is 1. The SMILES string of the molecule is COc1ccc(OC)c(N/C=C(/C#N)C(=O)Nc2ccc(C(C)C)cc2)c1. The molecular formula is C21H23N3O3. The van der Waals surface area contributed by atoms with E-state index in [0.717, 1.165) is 0 Å². The molecule has 0 radical (unpaired) electrons. The standard InChI is InChI=1S/C21H23N3O3/c1-14(2)15-5-7-17(8-6-15)24-21(25)16(12-22)13-23-19-11-18(26-3)9-10-20(19)27-4/h5-11,13-14,23H,1-4H3,(H,24,25)/b16-13-. The Morgan fingerprint density at radius 2 is 1.81 bits per heavy atom. The molecule has 2 rings (SSSR count). The highest BCUT2D eigenvalue weighted by molar-refractivity contribution is 6.06. The monoisotopic (exact) mass is 365 g/mol. The van der Waals surface area contributed by atoms with Gasteiger partial charge in [-0.3, -0.25) is 4.79 Å². The second kappa shape index (κ2) is 9.30. The number of rotatable bonds is 7. The topological polar surface area (TPSA) is 83.4 Å². The van der Waals surface area contributed by atoms with Gasteiger partial charge in [-0.05, 0) is 35.7 Å². The summed E-state index contributed by atoms with van der Waals surface area (Å²) in [7, 11) is 3.09. The van der Waals surface area contributed by atoms with Crippen LogP contribution >= 0.6 is 0 Å². The van der Waals surface area contributed by atoms with Gasteiger partial charge in [-0.15, -0.1) is 0 Å². The van der Waals surface area contributed by atoms with Crippen LogP contribution in [0.15, 0.2) is 54.2 Å². The summed E-state index contributed by atoms with van der Waals surface area (Å²) in [5.74, 6) is 1.10. The molecule has 140 valence electrons. The lowest BCUT2D eigenvalue weighted by Gasteiger charge is -2.11. The molecule has 2 N–H and O–H groups in total. The second-order valence-corrected chi connectivity index (χ2v) is 6.11. The zero-order valence-electron chi connectivity index (χ0n) is 15.9. The summed E-state index contributed by atoms with van der Waals surface area (Å²) in [6.45, 7) is 4.20. The van der Waals surface area contributed by atoms with Crippen molar-refractivity contribution in [2.24, 2.45) is 0 Å². The normalized spacial score (nSPS) is 10.9. The van der Waals surface area contributed by atoms with Crippen LogP contribution in [0.25, 0.3) is 0 Å². The number of methoxy groups -OCH3 is 2. The molecule has 0 unspecified atom stereocenters. The number of hydrogen-bond donors (Lipinski definition) is 2. The summed E-state index contributed by atoms with van der Waals surface area (Å²) in [6, 6.07) is 14.7. The highest BCUT2D eigenvalue weighted by Gasteiger charge is 2.11. The van der Waals surface area contributed by atoms with Gasteiger partial charge in [-0.1, -0.05) is 26.0 Å². The fraction of sp³-hybridized carbons (Fsp3) is 0.238. The minimum absolute atomic E-state index is 0.0622. The molecule has 0 spiro atoms. The number of hydrogen-bond acceptors (Lipinski definition) is 5. The third kappa shape index (κ3) is 5.25. The van der Waals surface area contributed by atoms with E-state index in [1.54, 1.807) is 25.3 Å². The lowest BCUT2D eigenvalue weighted by atomic mass is 10.0. The third-order valence-corrected chi connectivity index (χ3v) is 3.98. The molecule has 27 heavy (non-hydrogen) atoms. The van der Waals surface area contributed by atoms with E-state index >= 15 is 0 Å². The molecule has 0 bridgehead atoms. The Balaban J connectivity index is 2.13. The van der Waals surface area contributed by atoms with E-state index in [1.807, 2.05) is 30.3 Å². The van der Waals surface area contributed by atoms with Gasteiger partial charge in [0.2, 0.25) is 0 Å². The summed E-state index contributed by atoms with van der Waals surface area (Å²) in [5.41, 5.74) is 2.33. The van der Waals surface area contributed by atoms with Crippen molar-refractivity contribution in [3.8, 4) is 17.6 Å². The Morgan fingerprint density at radius 1 is 1.11 bits per heavy atom. The summed E-state index contributed by atoms with van der Waals surface area (Å²) in [6.07, 6.45) is 1.34. The van der Waals surface area contributed by atoms with Crippen molar-refractivity contribution in [1.82, 2.24) is 0 Å². The number of anilines is 2. The highest BCUT2D eigenvalue weighted by atomic mass is 16.5. The quantitative estimate of drug-likeness (QED) is 0.565. The molecule has 0 atom stereocenters. The Morgan fingerprint density at radius 3 is 2.37 bits per heavy atom. The minimum atomic E-state index is -0.496. The van der Waals surface area contributed by atoms with Gasteiger partial charge in [0, 0.05) is 18.0 Å². The Labute approximate surface area is 159 Å². The molecule has 0 aliphatic rings.